The average Bonchev–Trinajstić information content (AvgIpc) is 2.24. The van der Waals surface area contributed by atoms with Crippen molar-refractivity contribution in [2.75, 3.05) is 0 Å². The summed E-state index contributed by atoms with van der Waals surface area (Å²) in [4.78, 5) is 11.9. The standard InChI is InChI=1S/C15H23NO/c1-4-5-6-14(16)15(17)10-13-8-11(2)7-12(3)9-13/h7-9,14H,4-6,10,16H2,1-3H3. The molecular weight excluding hydrogens is 210 g/mol. The molecule has 0 amide bonds. The second-order valence-electron chi connectivity index (χ2n) is 4.89. The highest BCUT2D eigenvalue weighted by Crippen LogP contribution is 2.11. The van der Waals surface area contributed by atoms with Crippen LogP contribution in [0.4, 0.5) is 0 Å². The van der Waals surface area contributed by atoms with Crippen LogP contribution < -0.4 is 5.73 Å². The van der Waals surface area contributed by atoms with Crippen molar-refractivity contribution in [1.29, 1.82) is 0 Å². The number of nitrogens with two attached hydrogens (primary N) is 1. The van der Waals surface area contributed by atoms with Crippen molar-refractivity contribution in [3.63, 3.8) is 0 Å². The van der Waals surface area contributed by atoms with Gasteiger partial charge >= 0.3 is 0 Å². The van der Waals surface area contributed by atoms with Crippen molar-refractivity contribution < 1.29 is 4.79 Å². The summed E-state index contributed by atoms with van der Waals surface area (Å²) in [6.07, 6.45) is 3.39. The summed E-state index contributed by atoms with van der Waals surface area (Å²) in [6, 6.07) is 5.95. The molecule has 0 heterocycles. The molecule has 2 heteroatoms. The number of hydrogen-bond acceptors (Lipinski definition) is 2. The summed E-state index contributed by atoms with van der Waals surface area (Å²) < 4.78 is 0. The van der Waals surface area contributed by atoms with Crippen LogP contribution in [-0.4, -0.2) is 11.8 Å². The largest absolute Gasteiger partial charge is 0.321 e. The molecule has 2 N–H and O–H groups in total. The van der Waals surface area contributed by atoms with Gasteiger partial charge < -0.3 is 5.73 Å². The van der Waals surface area contributed by atoms with E-state index in [0.717, 1.165) is 24.8 Å². The summed E-state index contributed by atoms with van der Waals surface area (Å²) in [6.45, 7) is 6.22. The molecule has 94 valence electrons. The number of unbranched alkanes of at least 4 members (excludes halogenated alkanes) is 1. The maximum Gasteiger partial charge on any atom is 0.153 e. The van der Waals surface area contributed by atoms with Crippen LogP contribution in [0.5, 0.6) is 0 Å². The highest BCUT2D eigenvalue weighted by molar-refractivity contribution is 5.85. The second kappa shape index (κ2) is 6.55. The maximum absolute atomic E-state index is 11.9. The second-order valence-corrected chi connectivity index (χ2v) is 4.89. The Balaban J connectivity index is 2.61. The van der Waals surface area contributed by atoms with E-state index in [2.05, 4.69) is 39.0 Å². The Hall–Kier alpha value is -1.15. The molecule has 0 spiro atoms. The van der Waals surface area contributed by atoms with Gasteiger partial charge in [-0.05, 0) is 25.8 Å². The van der Waals surface area contributed by atoms with Gasteiger partial charge in [-0.15, -0.1) is 0 Å². The molecule has 0 aliphatic heterocycles. The van der Waals surface area contributed by atoms with Gasteiger partial charge in [-0.3, -0.25) is 4.79 Å². The lowest BCUT2D eigenvalue weighted by Gasteiger charge is -2.10. The molecule has 1 aromatic carbocycles. The smallest absolute Gasteiger partial charge is 0.153 e. The lowest BCUT2D eigenvalue weighted by molar-refractivity contribution is -0.119. The zero-order valence-corrected chi connectivity index (χ0v) is 11.1. The first-order chi connectivity index (χ1) is 8.02. The van der Waals surface area contributed by atoms with Crippen LogP contribution in [-0.2, 0) is 11.2 Å². The Morgan fingerprint density at radius 3 is 2.35 bits per heavy atom. The van der Waals surface area contributed by atoms with E-state index in [-0.39, 0.29) is 11.8 Å². The third-order valence-electron chi connectivity index (χ3n) is 2.94. The summed E-state index contributed by atoms with van der Waals surface area (Å²) in [7, 11) is 0. The number of benzene rings is 1. The van der Waals surface area contributed by atoms with Crippen LogP contribution in [0.1, 0.15) is 42.9 Å². The predicted octanol–water partition coefficient (Wildman–Crippen LogP) is 2.93. The van der Waals surface area contributed by atoms with Gasteiger partial charge in [0.05, 0.1) is 6.04 Å². The highest BCUT2D eigenvalue weighted by Gasteiger charge is 2.13. The molecule has 0 radical (unpaired) electrons. The van der Waals surface area contributed by atoms with Gasteiger partial charge in [0.2, 0.25) is 0 Å². The van der Waals surface area contributed by atoms with Crippen LogP contribution in [0.2, 0.25) is 0 Å². The Bertz CT molecular complexity index is 364. The molecule has 0 aliphatic carbocycles. The zero-order valence-electron chi connectivity index (χ0n) is 11.1. The van der Waals surface area contributed by atoms with E-state index in [1.165, 1.54) is 11.1 Å². The monoisotopic (exact) mass is 233 g/mol. The minimum absolute atomic E-state index is 0.156. The molecule has 0 aromatic heterocycles. The fraction of sp³-hybridized carbons (Fsp3) is 0.533. The molecule has 0 bridgehead atoms. The number of aryl methyl sites for hydroxylation is 2. The van der Waals surface area contributed by atoms with E-state index in [9.17, 15) is 4.79 Å². The first-order valence-corrected chi connectivity index (χ1v) is 6.38. The zero-order chi connectivity index (χ0) is 12.8. The van der Waals surface area contributed by atoms with Gasteiger partial charge in [-0.2, -0.15) is 0 Å². The van der Waals surface area contributed by atoms with E-state index < -0.39 is 0 Å². The Morgan fingerprint density at radius 1 is 1.24 bits per heavy atom. The quantitative estimate of drug-likeness (QED) is 0.821. The van der Waals surface area contributed by atoms with Crippen LogP contribution in [0.25, 0.3) is 0 Å². The Kier molecular flexibility index (Phi) is 5.36. The predicted molar refractivity (Wildman–Crippen MR) is 72.1 cm³/mol. The summed E-state index contributed by atoms with van der Waals surface area (Å²) >= 11 is 0. The molecule has 17 heavy (non-hydrogen) atoms. The van der Waals surface area contributed by atoms with Gasteiger partial charge in [0, 0.05) is 6.42 Å². The first kappa shape index (κ1) is 13.9. The molecule has 2 nitrogen and oxygen atoms in total. The van der Waals surface area contributed by atoms with E-state index in [0.29, 0.717) is 6.42 Å². The van der Waals surface area contributed by atoms with Crippen molar-refractivity contribution >= 4 is 5.78 Å². The van der Waals surface area contributed by atoms with Gasteiger partial charge in [-0.25, -0.2) is 0 Å². The molecule has 0 fully saturated rings. The van der Waals surface area contributed by atoms with Crippen LogP contribution in [0, 0.1) is 13.8 Å². The van der Waals surface area contributed by atoms with Crippen molar-refractivity contribution in [2.45, 2.75) is 52.5 Å². The summed E-state index contributed by atoms with van der Waals surface area (Å²) in [5.41, 5.74) is 9.37. The van der Waals surface area contributed by atoms with Gasteiger partial charge in [-0.1, -0.05) is 49.1 Å². The molecule has 1 aromatic rings. The molecule has 1 rings (SSSR count). The van der Waals surface area contributed by atoms with Crippen molar-refractivity contribution in [3.8, 4) is 0 Å². The van der Waals surface area contributed by atoms with E-state index in [1.807, 2.05) is 0 Å². The van der Waals surface area contributed by atoms with Crippen LogP contribution in [0.3, 0.4) is 0 Å². The van der Waals surface area contributed by atoms with Gasteiger partial charge in [0.1, 0.15) is 0 Å². The van der Waals surface area contributed by atoms with Crippen molar-refractivity contribution in [1.82, 2.24) is 0 Å². The van der Waals surface area contributed by atoms with E-state index in [4.69, 9.17) is 5.73 Å². The molecule has 1 atom stereocenters. The molecule has 1 unspecified atom stereocenters. The Labute approximate surface area is 104 Å². The lowest BCUT2D eigenvalue weighted by atomic mass is 9.98. The van der Waals surface area contributed by atoms with Gasteiger partial charge in [0.15, 0.2) is 5.78 Å². The van der Waals surface area contributed by atoms with Crippen LogP contribution >= 0.6 is 0 Å². The highest BCUT2D eigenvalue weighted by atomic mass is 16.1. The van der Waals surface area contributed by atoms with Gasteiger partial charge in [0.25, 0.3) is 0 Å². The van der Waals surface area contributed by atoms with Crippen molar-refractivity contribution in [3.05, 3.63) is 34.9 Å². The number of Topliss-reactive ketones (excluding diaryl/α,β-unsaturated/α-hetero) is 1. The Morgan fingerprint density at radius 2 is 1.82 bits per heavy atom. The topological polar surface area (TPSA) is 43.1 Å². The minimum Gasteiger partial charge on any atom is -0.321 e. The fourth-order valence-corrected chi connectivity index (χ4v) is 2.09. The van der Waals surface area contributed by atoms with E-state index in [1.54, 1.807) is 0 Å². The molecule has 0 saturated heterocycles. The molecular formula is C15H23NO. The molecule has 0 saturated carbocycles. The maximum atomic E-state index is 11.9. The SMILES string of the molecule is CCCCC(N)C(=O)Cc1cc(C)cc(C)c1. The van der Waals surface area contributed by atoms with E-state index >= 15 is 0 Å². The summed E-state index contributed by atoms with van der Waals surface area (Å²) in [5, 5.41) is 0. The fourth-order valence-electron chi connectivity index (χ4n) is 2.09. The van der Waals surface area contributed by atoms with Crippen LogP contribution in [0.15, 0.2) is 18.2 Å². The summed E-state index contributed by atoms with van der Waals surface area (Å²) in [5.74, 6) is 0.156. The number of hydrogen-bond donors (Lipinski definition) is 1. The lowest BCUT2D eigenvalue weighted by Crippen LogP contribution is -2.31. The van der Waals surface area contributed by atoms with Crippen molar-refractivity contribution in [2.24, 2.45) is 5.73 Å². The number of rotatable bonds is 6. The minimum atomic E-state index is -0.296. The number of carbonyl (C=O) groups is 1. The average molecular weight is 233 g/mol. The number of ketones is 1. The number of carbonyl (C=O) groups excluding carboxylic acids is 1. The third-order valence-corrected chi connectivity index (χ3v) is 2.94. The third kappa shape index (κ3) is 4.70. The normalized spacial score (nSPS) is 12.5. The first-order valence-electron chi connectivity index (χ1n) is 6.38. The molecule has 0 aliphatic rings.